The monoisotopic (exact) mass is 513 g/mol. The maximum Gasteiger partial charge on any atom is 0.251 e. The molecule has 0 bridgehead atoms. The van der Waals surface area contributed by atoms with Gasteiger partial charge in [0.2, 0.25) is 0 Å². The van der Waals surface area contributed by atoms with E-state index in [1.807, 2.05) is 24.3 Å². The van der Waals surface area contributed by atoms with E-state index in [1.165, 1.54) is 0 Å². The summed E-state index contributed by atoms with van der Waals surface area (Å²) in [6.07, 6.45) is 5.93. The van der Waals surface area contributed by atoms with Gasteiger partial charge in [-0.15, -0.1) is 0 Å². The van der Waals surface area contributed by atoms with Crippen LogP contribution in [0.1, 0.15) is 69.1 Å². The summed E-state index contributed by atoms with van der Waals surface area (Å²) in [6.45, 7) is 2.22. The van der Waals surface area contributed by atoms with Crippen LogP contribution < -0.4 is 4.74 Å². The van der Waals surface area contributed by atoms with Crippen molar-refractivity contribution in [1.82, 2.24) is 4.90 Å². The Kier molecular flexibility index (Phi) is 8.68. The maximum atomic E-state index is 13.9. The van der Waals surface area contributed by atoms with Gasteiger partial charge in [0, 0.05) is 32.5 Å². The number of ether oxygens (including phenoxy) is 1. The first-order chi connectivity index (χ1) is 17.4. The van der Waals surface area contributed by atoms with Crippen LogP contribution in [0.5, 0.6) is 11.5 Å². The molecular weight excluding hydrogens is 475 g/mol. The number of hydrogen-bond donors (Lipinski definition) is 1. The summed E-state index contributed by atoms with van der Waals surface area (Å²) in [5.74, 6) is -1.58. The Morgan fingerprint density at radius 2 is 1.86 bits per heavy atom. The molecule has 1 N–H and O–H groups in total. The van der Waals surface area contributed by atoms with Crippen molar-refractivity contribution in [3.05, 3.63) is 76.4 Å². The average molecular weight is 514 g/mol. The van der Waals surface area contributed by atoms with Crippen molar-refractivity contribution in [3.63, 3.8) is 0 Å². The van der Waals surface area contributed by atoms with Gasteiger partial charge in [-0.05, 0) is 96.2 Å². The quantitative estimate of drug-likeness (QED) is 0.411. The number of phenolic OH excluding ortho intramolecular Hbond substituents is 1. The lowest BCUT2D eigenvalue weighted by Gasteiger charge is -2.25. The van der Waals surface area contributed by atoms with E-state index in [-0.39, 0.29) is 38.8 Å². The van der Waals surface area contributed by atoms with Crippen LogP contribution in [-0.2, 0) is 6.42 Å². The van der Waals surface area contributed by atoms with Crippen LogP contribution in [0, 0.1) is 0 Å². The zero-order valence-electron chi connectivity index (χ0n) is 20.6. The Morgan fingerprint density at radius 1 is 1.05 bits per heavy atom. The number of benzene rings is 2. The van der Waals surface area contributed by atoms with Gasteiger partial charge in [-0.1, -0.05) is 31.7 Å². The lowest BCUT2D eigenvalue weighted by atomic mass is 9.83. The first-order valence-electron chi connectivity index (χ1n) is 13.1. The summed E-state index contributed by atoms with van der Waals surface area (Å²) >= 11 is 0. The van der Waals surface area contributed by atoms with Crippen LogP contribution in [0.4, 0.5) is 13.2 Å². The molecule has 3 nitrogen and oxygen atoms in total. The topological polar surface area (TPSA) is 32.7 Å². The van der Waals surface area contributed by atoms with Gasteiger partial charge < -0.3 is 9.84 Å². The first-order valence-corrected chi connectivity index (χ1v) is 13.1. The number of phenols is 1. The van der Waals surface area contributed by atoms with Crippen LogP contribution in [0.3, 0.4) is 0 Å². The number of rotatable bonds is 7. The third kappa shape index (κ3) is 6.40. The van der Waals surface area contributed by atoms with Crippen molar-refractivity contribution in [1.29, 1.82) is 0 Å². The molecule has 2 aliphatic carbocycles. The molecule has 37 heavy (non-hydrogen) atoms. The van der Waals surface area contributed by atoms with Crippen LogP contribution in [0.15, 0.2) is 59.7 Å². The summed E-state index contributed by atoms with van der Waals surface area (Å²) in [5.41, 5.74) is 6.41. The average Bonchev–Trinajstić information content (AvgIpc) is 3.22. The maximum absolute atomic E-state index is 13.9. The van der Waals surface area contributed by atoms with E-state index in [1.54, 1.807) is 12.1 Å². The highest BCUT2D eigenvalue weighted by Gasteiger charge is 2.33. The fraction of sp³-hybridized carbons (Fsp3) is 0.484. The molecule has 2 aromatic rings. The van der Waals surface area contributed by atoms with E-state index in [4.69, 9.17) is 4.74 Å². The molecule has 1 aliphatic heterocycles. The van der Waals surface area contributed by atoms with Gasteiger partial charge in [0.1, 0.15) is 17.6 Å². The summed E-state index contributed by atoms with van der Waals surface area (Å²) < 4.78 is 46.5. The molecule has 0 unspecified atom stereocenters. The second kappa shape index (κ2) is 11.8. The van der Waals surface area contributed by atoms with Gasteiger partial charge in [-0.2, -0.15) is 0 Å². The molecule has 6 heteroatoms. The summed E-state index contributed by atoms with van der Waals surface area (Å²) in [4.78, 5) is 2.25. The van der Waals surface area contributed by atoms with Crippen LogP contribution in [-0.4, -0.2) is 48.3 Å². The Hall–Kier alpha value is -2.73. The molecule has 0 spiro atoms. The molecule has 1 saturated heterocycles. The van der Waals surface area contributed by atoms with Gasteiger partial charge in [-0.3, -0.25) is 9.29 Å². The standard InChI is InChI=1S/C30H34F3NO2.CH4/c31-16-2-17-34-18-13-26(20-34)36-25-8-5-22(6-9-25)29-27(21-11-14-30(32,33)15-12-21)4-1-3-23-19-24(35)7-10-28(23)29;/h5-11,19,26,35H,1-4,12-18,20H2;1H4/t26-;/m0./s1. The van der Waals surface area contributed by atoms with Crippen molar-refractivity contribution >= 4 is 5.57 Å². The molecule has 5 rings (SSSR count). The van der Waals surface area contributed by atoms with E-state index in [2.05, 4.69) is 17.0 Å². The fourth-order valence-electron chi connectivity index (χ4n) is 5.77. The minimum Gasteiger partial charge on any atom is -0.508 e. The van der Waals surface area contributed by atoms with Gasteiger partial charge in [0.25, 0.3) is 5.92 Å². The van der Waals surface area contributed by atoms with Gasteiger partial charge in [0.15, 0.2) is 0 Å². The molecule has 0 radical (unpaired) electrons. The molecular formula is C31H38F3NO2. The van der Waals surface area contributed by atoms with Crippen molar-refractivity contribution in [3.8, 4) is 11.5 Å². The molecule has 1 fully saturated rings. The van der Waals surface area contributed by atoms with E-state index in [0.29, 0.717) is 12.8 Å². The molecule has 1 heterocycles. The van der Waals surface area contributed by atoms with Crippen LogP contribution in [0.25, 0.3) is 5.57 Å². The molecule has 1 atom stereocenters. The second-order valence-corrected chi connectivity index (χ2v) is 10.2. The Bertz CT molecular complexity index is 1140. The second-order valence-electron chi connectivity index (χ2n) is 10.2. The Balaban J connectivity index is 0.00000320. The SMILES string of the molecule is C.Oc1ccc2c(c1)CCCC(C1=CCC(F)(F)CC1)=C2c1ccc(O[C@H]2CCN(CCCF)C2)cc1. The summed E-state index contributed by atoms with van der Waals surface area (Å²) in [6, 6.07) is 13.6. The van der Waals surface area contributed by atoms with Gasteiger partial charge >= 0.3 is 0 Å². The summed E-state index contributed by atoms with van der Waals surface area (Å²) in [7, 11) is 0. The molecule has 200 valence electrons. The smallest absolute Gasteiger partial charge is 0.251 e. The largest absolute Gasteiger partial charge is 0.508 e. The highest BCUT2D eigenvalue weighted by Crippen LogP contribution is 2.43. The molecule has 0 saturated carbocycles. The molecule has 3 aliphatic rings. The van der Waals surface area contributed by atoms with Crippen LogP contribution >= 0.6 is 0 Å². The summed E-state index contributed by atoms with van der Waals surface area (Å²) in [5, 5.41) is 10.1. The number of allylic oxidation sites excluding steroid dienone is 3. The lowest BCUT2D eigenvalue weighted by Crippen LogP contribution is -2.26. The van der Waals surface area contributed by atoms with E-state index in [9.17, 15) is 18.3 Å². The zero-order chi connectivity index (χ0) is 25.1. The van der Waals surface area contributed by atoms with Crippen LogP contribution in [0.2, 0.25) is 0 Å². The van der Waals surface area contributed by atoms with Crippen molar-refractivity contribution < 1.29 is 23.0 Å². The van der Waals surface area contributed by atoms with Crippen molar-refractivity contribution in [2.24, 2.45) is 0 Å². The number of alkyl halides is 3. The van der Waals surface area contributed by atoms with E-state index >= 15 is 0 Å². The third-order valence-corrected chi connectivity index (χ3v) is 7.61. The van der Waals surface area contributed by atoms with Crippen molar-refractivity contribution in [2.75, 3.05) is 26.3 Å². The first kappa shape index (κ1) is 27.3. The van der Waals surface area contributed by atoms with E-state index in [0.717, 1.165) is 84.5 Å². The van der Waals surface area contributed by atoms with Crippen molar-refractivity contribution in [2.45, 2.75) is 70.8 Å². The number of likely N-dealkylation sites (tertiary alicyclic amines) is 1. The Labute approximate surface area is 218 Å². The normalized spacial score (nSPS) is 21.6. The molecule has 0 aromatic heterocycles. The number of nitrogens with zero attached hydrogens (tertiary/aromatic N) is 1. The number of aryl methyl sites for hydroxylation is 1. The molecule has 2 aromatic carbocycles. The third-order valence-electron chi connectivity index (χ3n) is 7.61. The number of hydrogen-bond acceptors (Lipinski definition) is 3. The molecule has 0 amide bonds. The number of fused-ring (bicyclic) bond motifs is 1. The predicted octanol–water partition coefficient (Wildman–Crippen LogP) is 7.72. The Morgan fingerprint density at radius 3 is 2.59 bits per heavy atom. The highest BCUT2D eigenvalue weighted by atomic mass is 19.3. The highest BCUT2D eigenvalue weighted by molar-refractivity contribution is 5.87. The lowest BCUT2D eigenvalue weighted by molar-refractivity contribution is -0.00837. The fourth-order valence-corrected chi connectivity index (χ4v) is 5.77. The van der Waals surface area contributed by atoms with Gasteiger partial charge in [-0.25, -0.2) is 8.78 Å². The number of halogens is 3. The minimum atomic E-state index is -2.63. The number of aromatic hydroxyl groups is 1. The predicted molar refractivity (Wildman–Crippen MR) is 143 cm³/mol. The van der Waals surface area contributed by atoms with Gasteiger partial charge in [0.05, 0.1) is 6.67 Å². The minimum absolute atomic E-state index is 0. The zero-order valence-corrected chi connectivity index (χ0v) is 20.6. The van der Waals surface area contributed by atoms with E-state index < -0.39 is 5.92 Å².